The first-order chi connectivity index (χ1) is 15.2. The van der Waals surface area contributed by atoms with Gasteiger partial charge < -0.3 is 4.90 Å². The molecular formula is C24H25Cl2N5O. The normalized spacial score (nSPS) is 14.6. The third kappa shape index (κ3) is 4.44. The van der Waals surface area contributed by atoms with E-state index in [-0.39, 0.29) is 18.0 Å². The van der Waals surface area contributed by atoms with E-state index in [1.165, 1.54) is 0 Å². The summed E-state index contributed by atoms with van der Waals surface area (Å²) in [4.78, 5) is 26.7. The number of piperazine rings is 1. The van der Waals surface area contributed by atoms with E-state index in [0.29, 0.717) is 11.9 Å². The highest BCUT2D eigenvalue weighted by atomic mass is 35.5. The Morgan fingerprint density at radius 1 is 0.875 bits per heavy atom. The van der Waals surface area contributed by atoms with Crippen molar-refractivity contribution >= 4 is 51.5 Å². The molecule has 166 valence electrons. The van der Waals surface area contributed by atoms with Gasteiger partial charge in [0.05, 0.1) is 33.5 Å². The summed E-state index contributed by atoms with van der Waals surface area (Å²) in [5.74, 6) is 0. The van der Waals surface area contributed by atoms with Gasteiger partial charge in [0.1, 0.15) is 0 Å². The van der Waals surface area contributed by atoms with Crippen molar-refractivity contribution in [2.45, 2.75) is 13.0 Å². The van der Waals surface area contributed by atoms with Gasteiger partial charge in [-0.05, 0) is 31.2 Å². The molecule has 1 aliphatic heterocycles. The molecule has 1 saturated heterocycles. The molecule has 1 aliphatic rings. The van der Waals surface area contributed by atoms with Crippen molar-refractivity contribution in [2.75, 3.05) is 37.6 Å². The molecule has 2 aromatic heterocycles. The number of benzene rings is 2. The molecule has 4 aromatic rings. The molecule has 0 spiro atoms. The third-order valence-electron chi connectivity index (χ3n) is 6.00. The number of hydrogen-bond acceptors (Lipinski definition) is 5. The lowest BCUT2D eigenvalue weighted by Gasteiger charge is -2.36. The first-order valence-corrected chi connectivity index (χ1v) is 11.0. The molecule has 3 heterocycles. The average Bonchev–Trinajstić information content (AvgIpc) is 2.81. The van der Waals surface area contributed by atoms with Crippen LogP contribution in [0.25, 0.3) is 21.8 Å². The molecule has 0 atom stereocenters. The van der Waals surface area contributed by atoms with E-state index in [9.17, 15) is 4.79 Å². The van der Waals surface area contributed by atoms with Crippen LogP contribution in [0, 0.1) is 0 Å². The highest BCUT2D eigenvalue weighted by molar-refractivity contribution is 6.33. The van der Waals surface area contributed by atoms with Crippen LogP contribution in [0.3, 0.4) is 0 Å². The van der Waals surface area contributed by atoms with Gasteiger partial charge in [0.15, 0.2) is 0 Å². The van der Waals surface area contributed by atoms with E-state index in [1.807, 2.05) is 42.5 Å². The van der Waals surface area contributed by atoms with E-state index >= 15 is 0 Å². The number of aryl methyl sites for hydroxylation is 1. The van der Waals surface area contributed by atoms with Crippen molar-refractivity contribution in [3.63, 3.8) is 0 Å². The minimum absolute atomic E-state index is 0. The predicted octanol–water partition coefficient (Wildman–Crippen LogP) is 4.23. The van der Waals surface area contributed by atoms with Crippen LogP contribution in [0.5, 0.6) is 0 Å². The Balaban J connectivity index is 0.00000245. The molecule has 0 aliphatic carbocycles. The van der Waals surface area contributed by atoms with Gasteiger partial charge in [-0.3, -0.25) is 19.2 Å². The van der Waals surface area contributed by atoms with Gasteiger partial charge >= 0.3 is 0 Å². The SMILES string of the molecule is Cl.O=c1c2cnc3ccccc3c2ncn1CCCN1CCN(c2ccccc2Cl)CC1. The maximum atomic E-state index is 12.9. The Morgan fingerprint density at radius 2 is 1.62 bits per heavy atom. The van der Waals surface area contributed by atoms with Crippen LogP contribution < -0.4 is 10.5 Å². The Labute approximate surface area is 197 Å². The lowest BCUT2D eigenvalue weighted by Crippen LogP contribution is -2.46. The summed E-state index contributed by atoms with van der Waals surface area (Å²) in [5, 5.41) is 2.30. The Morgan fingerprint density at radius 3 is 2.44 bits per heavy atom. The number of halogens is 2. The van der Waals surface area contributed by atoms with Crippen molar-refractivity contribution in [1.82, 2.24) is 19.4 Å². The fourth-order valence-corrected chi connectivity index (χ4v) is 4.56. The lowest BCUT2D eigenvalue weighted by atomic mass is 10.1. The molecule has 0 saturated carbocycles. The quantitative estimate of drug-likeness (QED) is 0.409. The molecule has 0 radical (unpaired) electrons. The molecule has 2 aromatic carbocycles. The maximum absolute atomic E-state index is 12.9. The van der Waals surface area contributed by atoms with Crippen molar-refractivity contribution < 1.29 is 0 Å². The summed E-state index contributed by atoms with van der Waals surface area (Å²) in [5.41, 5.74) is 2.67. The number of fused-ring (bicyclic) bond motifs is 3. The Hall–Kier alpha value is -2.67. The fourth-order valence-electron chi connectivity index (χ4n) is 4.30. The highest BCUT2D eigenvalue weighted by Gasteiger charge is 2.18. The summed E-state index contributed by atoms with van der Waals surface area (Å²) < 4.78 is 1.71. The molecule has 0 N–H and O–H groups in total. The van der Waals surface area contributed by atoms with E-state index < -0.39 is 0 Å². The summed E-state index contributed by atoms with van der Waals surface area (Å²) in [6, 6.07) is 15.8. The van der Waals surface area contributed by atoms with E-state index in [1.54, 1.807) is 17.1 Å². The summed E-state index contributed by atoms with van der Waals surface area (Å²) >= 11 is 6.34. The number of rotatable bonds is 5. The largest absolute Gasteiger partial charge is 0.368 e. The smallest absolute Gasteiger partial charge is 0.262 e. The average molecular weight is 470 g/mol. The highest BCUT2D eigenvalue weighted by Crippen LogP contribution is 2.26. The zero-order chi connectivity index (χ0) is 21.2. The molecular weight excluding hydrogens is 445 g/mol. The van der Waals surface area contributed by atoms with Gasteiger partial charge in [-0.1, -0.05) is 41.9 Å². The van der Waals surface area contributed by atoms with Crippen LogP contribution >= 0.6 is 24.0 Å². The predicted molar refractivity (Wildman–Crippen MR) is 133 cm³/mol. The summed E-state index contributed by atoms with van der Waals surface area (Å²) in [6.07, 6.45) is 4.23. The van der Waals surface area contributed by atoms with Crippen LogP contribution in [-0.4, -0.2) is 52.2 Å². The minimum atomic E-state index is -0.0215. The number of para-hydroxylation sites is 2. The van der Waals surface area contributed by atoms with E-state index in [4.69, 9.17) is 11.6 Å². The molecule has 1 fully saturated rings. The zero-order valence-electron chi connectivity index (χ0n) is 17.7. The third-order valence-corrected chi connectivity index (χ3v) is 6.32. The zero-order valence-corrected chi connectivity index (χ0v) is 19.2. The molecule has 5 rings (SSSR count). The van der Waals surface area contributed by atoms with E-state index in [0.717, 1.165) is 66.3 Å². The van der Waals surface area contributed by atoms with E-state index in [2.05, 4.69) is 25.8 Å². The number of pyridine rings is 1. The molecule has 0 unspecified atom stereocenters. The Kier molecular flexibility index (Phi) is 6.94. The van der Waals surface area contributed by atoms with Gasteiger partial charge in [0, 0.05) is 44.3 Å². The standard InChI is InChI=1S/C24H24ClN5O.ClH/c25-20-7-2-4-9-22(20)29-14-12-28(13-15-29)10-5-11-30-17-27-23-18-6-1-3-8-21(18)26-16-19(23)24(30)31;/h1-4,6-9,16-17H,5,10-15H2;1H. The maximum Gasteiger partial charge on any atom is 0.262 e. The van der Waals surface area contributed by atoms with Gasteiger partial charge in [-0.15, -0.1) is 12.4 Å². The number of hydrogen-bond donors (Lipinski definition) is 0. The second kappa shape index (κ2) is 9.86. The van der Waals surface area contributed by atoms with Gasteiger partial charge in [0.2, 0.25) is 0 Å². The second-order valence-electron chi connectivity index (χ2n) is 7.91. The van der Waals surface area contributed by atoms with Crippen LogP contribution in [0.1, 0.15) is 6.42 Å². The van der Waals surface area contributed by atoms with Crippen molar-refractivity contribution in [2.24, 2.45) is 0 Å². The molecule has 6 nitrogen and oxygen atoms in total. The van der Waals surface area contributed by atoms with Gasteiger partial charge in [-0.2, -0.15) is 0 Å². The minimum Gasteiger partial charge on any atom is -0.368 e. The van der Waals surface area contributed by atoms with Gasteiger partial charge in [0.25, 0.3) is 5.56 Å². The topological polar surface area (TPSA) is 54.3 Å². The monoisotopic (exact) mass is 469 g/mol. The Bertz CT molecular complexity index is 1280. The van der Waals surface area contributed by atoms with Gasteiger partial charge in [-0.25, -0.2) is 4.98 Å². The van der Waals surface area contributed by atoms with Crippen molar-refractivity contribution in [3.8, 4) is 0 Å². The number of nitrogens with zero attached hydrogens (tertiary/aromatic N) is 5. The molecule has 0 bridgehead atoms. The first kappa shape index (κ1) is 22.5. The summed E-state index contributed by atoms with van der Waals surface area (Å²) in [7, 11) is 0. The number of aromatic nitrogens is 3. The molecule has 8 heteroatoms. The number of anilines is 1. The van der Waals surface area contributed by atoms with Crippen LogP contribution in [0.2, 0.25) is 5.02 Å². The van der Waals surface area contributed by atoms with Crippen molar-refractivity contribution in [1.29, 1.82) is 0 Å². The van der Waals surface area contributed by atoms with Crippen LogP contribution in [0.4, 0.5) is 5.69 Å². The lowest BCUT2D eigenvalue weighted by molar-refractivity contribution is 0.250. The fraction of sp³-hybridized carbons (Fsp3) is 0.292. The molecule has 0 amide bonds. The molecule has 32 heavy (non-hydrogen) atoms. The van der Waals surface area contributed by atoms with Crippen LogP contribution in [0.15, 0.2) is 65.8 Å². The summed E-state index contributed by atoms with van der Waals surface area (Å²) in [6.45, 7) is 5.51. The first-order valence-electron chi connectivity index (χ1n) is 10.7. The van der Waals surface area contributed by atoms with Crippen molar-refractivity contribution in [3.05, 3.63) is 76.4 Å². The second-order valence-corrected chi connectivity index (χ2v) is 8.32. The van der Waals surface area contributed by atoms with Crippen LogP contribution in [-0.2, 0) is 6.54 Å².